The van der Waals surface area contributed by atoms with Crippen molar-refractivity contribution in [1.29, 1.82) is 0 Å². The predicted molar refractivity (Wildman–Crippen MR) is 106 cm³/mol. The van der Waals surface area contributed by atoms with E-state index < -0.39 is 11.6 Å². The van der Waals surface area contributed by atoms with Crippen LogP contribution in [0.25, 0.3) is 0 Å². The molecule has 2 unspecified atom stereocenters. The second-order valence-electron chi connectivity index (χ2n) is 5.83. The molecular weight excluding hydrogens is 332 g/mol. The highest BCUT2D eigenvalue weighted by molar-refractivity contribution is 7.51. The molecule has 2 N–H and O–H groups in total. The van der Waals surface area contributed by atoms with Gasteiger partial charge in [-0.3, -0.25) is 0 Å². The Kier molecular flexibility index (Phi) is 14.6. The maximum atomic E-state index is 8.29. The average molecular weight is 363 g/mol. The van der Waals surface area contributed by atoms with Gasteiger partial charge in [0.25, 0.3) is 0 Å². The van der Waals surface area contributed by atoms with Gasteiger partial charge in [-0.1, -0.05) is 60.7 Å². The molecule has 0 saturated carbocycles. The summed E-state index contributed by atoms with van der Waals surface area (Å²) in [6.07, 6.45) is 2.22. The summed E-state index contributed by atoms with van der Waals surface area (Å²) in [6, 6.07) is 22.2. The summed E-state index contributed by atoms with van der Waals surface area (Å²) in [4.78, 5) is 0. The fraction of sp³-hybridized carbons (Fsp3) is 0.400. The molecule has 2 aromatic carbocycles. The Labute approximate surface area is 155 Å². The summed E-state index contributed by atoms with van der Waals surface area (Å²) in [7, 11) is 3.99. The summed E-state index contributed by atoms with van der Waals surface area (Å²) in [5.41, 5.74) is 2.80. The highest BCUT2D eigenvalue weighted by Gasteiger charge is 1.98. The normalized spacial score (nSPS) is 11.8. The van der Waals surface area contributed by atoms with E-state index in [0.29, 0.717) is 12.1 Å². The van der Waals surface area contributed by atoms with Crippen LogP contribution >= 0.6 is 0 Å². The molecule has 0 aromatic heterocycles. The number of likely N-dealkylation sites (N-methyl/N-ethyl adjacent to an activating group) is 2. The SMILES string of the molecule is CNC(C)Cc1ccccc1.CNC(C)Cc1ccccc1.O=S=O. The Balaban J connectivity index is 0.000000399. The van der Waals surface area contributed by atoms with Crippen molar-refractivity contribution in [2.75, 3.05) is 14.1 Å². The van der Waals surface area contributed by atoms with Gasteiger partial charge in [0.05, 0.1) is 0 Å². The third-order valence-corrected chi connectivity index (χ3v) is 3.76. The first-order valence-corrected chi connectivity index (χ1v) is 9.08. The predicted octanol–water partition coefficient (Wildman–Crippen LogP) is 3.00. The third-order valence-electron chi connectivity index (χ3n) is 3.76. The van der Waals surface area contributed by atoms with Crippen LogP contribution in [0.5, 0.6) is 0 Å². The van der Waals surface area contributed by atoms with Gasteiger partial charge >= 0.3 is 11.6 Å². The van der Waals surface area contributed by atoms with Gasteiger partial charge in [0.2, 0.25) is 0 Å². The summed E-state index contributed by atoms with van der Waals surface area (Å²) < 4.78 is 16.6. The second-order valence-corrected chi connectivity index (χ2v) is 5.96. The van der Waals surface area contributed by atoms with Crippen LogP contribution in [-0.2, 0) is 24.4 Å². The van der Waals surface area contributed by atoms with Gasteiger partial charge in [-0.2, -0.15) is 8.42 Å². The molecule has 138 valence electrons. The molecule has 0 fully saturated rings. The fourth-order valence-corrected chi connectivity index (χ4v) is 2.14. The number of hydrogen-bond acceptors (Lipinski definition) is 4. The first-order valence-electron chi connectivity index (χ1n) is 8.41. The Morgan fingerprint density at radius 1 is 0.720 bits per heavy atom. The van der Waals surface area contributed by atoms with E-state index in [4.69, 9.17) is 8.42 Å². The van der Waals surface area contributed by atoms with Crippen LogP contribution in [0.3, 0.4) is 0 Å². The molecule has 0 spiro atoms. The van der Waals surface area contributed by atoms with Gasteiger partial charge in [0.1, 0.15) is 0 Å². The van der Waals surface area contributed by atoms with E-state index in [0.717, 1.165) is 12.8 Å². The van der Waals surface area contributed by atoms with Crippen molar-refractivity contribution < 1.29 is 8.42 Å². The highest BCUT2D eigenvalue weighted by Crippen LogP contribution is 2.02. The summed E-state index contributed by atoms with van der Waals surface area (Å²) >= 11 is -0.750. The molecule has 0 saturated heterocycles. The highest BCUT2D eigenvalue weighted by atomic mass is 32.1. The Bertz CT molecular complexity index is 525. The molecule has 0 aliphatic carbocycles. The topological polar surface area (TPSA) is 58.2 Å². The van der Waals surface area contributed by atoms with E-state index in [-0.39, 0.29) is 0 Å². The molecule has 5 heteroatoms. The molecule has 2 rings (SSSR count). The largest absolute Gasteiger partial charge is 0.335 e. The minimum atomic E-state index is -0.750. The molecule has 4 nitrogen and oxygen atoms in total. The van der Waals surface area contributed by atoms with Crippen LogP contribution in [0, 0.1) is 0 Å². The zero-order valence-electron chi connectivity index (χ0n) is 15.6. The zero-order valence-corrected chi connectivity index (χ0v) is 16.4. The number of rotatable bonds is 6. The Morgan fingerprint density at radius 2 is 1.00 bits per heavy atom. The molecule has 0 amide bonds. The lowest BCUT2D eigenvalue weighted by Crippen LogP contribution is -2.23. The minimum Gasteiger partial charge on any atom is -0.317 e. The van der Waals surface area contributed by atoms with E-state index in [1.54, 1.807) is 0 Å². The summed E-state index contributed by atoms with van der Waals surface area (Å²) in [5, 5.41) is 6.43. The van der Waals surface area contributed by atoms with Gasteiger partial charge in [-0.05, 0) is 51.9 Å². The first kappa shape index (κ1) is 23.2. The van der Waals surface area contributed by atoms with E-state index in [1.165, 1.54) is 11.1 Å². The maximum absolute atomic E-state index is 8.29. The Hall–Kier alpha value is -1.82. The lowest BCUT2D eigenvalue weighted by atomic mass is 10.1. The molecule has 0 bridgehead atoms. The van der Waals surface area contributed by atoms with Crippen LogP contribution < -0.4 is 10.6 Å². The number of benzene rings is 2. The van der Waals surface area contributed by atoms with Gasteiger partial charge < -0.3 is 10.6 Å². The molecule has 0 aliphatic rings. The maximum Gasteiger partial charge on any atom is 0.335 e. The average Bonchev–Trinajstić information content (AvgIpc) is 2.64. The van der Waals surface area contributed by atoms with Gasteiger partial charge in [-0.25, -0.2) is 0 Å². The molecule has 2 aromatic rings. The quantitative estimate of drug-likeness (QED) is 0.829. The fourth-order valence-electron chi connectivity index (χ4n) is 2.14. The van der Waals surface area contributed by atoms with Crippen LogP contribution in [-0.4, -0.2) is 34.6 Å². The van der Waals surface area contributed by atoms with Gasteiger partial charge in [0, 0.05) is 12.1 Å². The lowest BCUT2D eigenvalue weighted by molar-refractivity contribution is 0.608. The summed E-state index contributed by atoms with van der Waals surface area (Å²) in [6.45, 7) is 4.38. The third kappa shape index (κ3) is 13.2. The van der Waals surface area contributed by atoms with Gasteiger partial charge in [-0.15, -0.1) is 0 Å². The summed E-state index contributed by atoms with van der Waals surface area (Å²) in [5.74, 6) is 0. The Morgan fingerprint density at radius 3 is 1.24 bits per heavy atom. The van der Waals surface area contributed by atoms with E-state index in [2.05, 4.69) is 73.0 Å². The van der Waals surface area contributed by atoms with E-state index in [1.807, 2.05) is 26.2 Å². The minimum absolute atomic E-state index is 0.567. The van der Waals surface area contributed by atoms with E-state index >= 15 is 0 Å². The number of hydrogen-bond donors (Lipinski definition) is 2. The molecular formula is C20H30N2O2S. The van der Waals surface area contributed by atoms with Crippen molar-refractivity contribution in [3.8, 4) is 0 Å². The van der Waals surface area contributed by atoms with Crippen LogP contribution in [0.4, 0.5) is 0 Å². The molecule has 25 heavy (non-hydrogen) atoms. The lowest BCUT2D eigenvalue weighted by Gasteiger charge is -2.08. The molecule has 0 heterocycles. The standard InChI is InChI=1S/2C10H15N.O2S/c2*1-9(11-2)8-10-6-4-3-5-7-10;1-3-2/h2*3-7,9,11H,8H2,1-2H3;. The van der Waals surface area contributed by atoms with Crippen molar-refractivity contribution in [3.63, 3.8) is 0 Å². The van der Waals surface area contributed by atoms with Crippen molar-refractivity contribution >= 4 is 11.6 Å². The molecule has 0 radical (unpaired) electrons. The van der Waals surface area contributed by atoms with Crippen molar-refractivity contribution in [1.82, 2.24) is 10.6 Å². The van der Waals surface area contributed by atoms with Crippen LogP contribution in [0.1, 0.15) is 25.0 Å². The van der Waals surface area contributed by atoms with Crippen LogP contribution in [0.2, 0.25) is 0 Å². The second kappa shape index (κ2) is 15.7. The monoisotopic (exact) mass is 362 g/mol. The zero-order chi connectivity index (χ0) is 18.9. The van der Waals surface area contributed by atoms with Gasteiger partial charge in [0.15, 0.2) is 0 Å². The molecule has 0 aliphatic heterocycles. The van der Waals surface area contributed by atoms with E-state index in [9.17, 15) is 0 Å². The molecule has 2 atom stereocenters. The van der Waals surface area contributed by atoms with Crippen molar-refractivity contribution in [2.45, 2.75) is 38.8 Å². The number of nitrogens with one attached hydrogen (secondary N) is 2. The first-order chi connectivity index (χ1) is 12.1. The van der Waals surface area contributed by atoms with Crippen molar-refractivity contribution in [2.24, 2.45) is 0 Å². The smallest absolute Gasteiger partial charge is 0.317 e. The van der Waals surface area contributed by atoms with Crippen molar-refractivity contribution in [3.05, 3.63) is 71.8 Å². The van der Waals surface area contributed by atoms with Crippen LogP contribution in [0.15, 0.2) is 60.7 Å².